The number of carbonyl (C=O) groups is 1. The van der Waals surface area contributed by atoms with E-state index in [2.05, 4.69) is 10.6 Å². The van der Waals surface area contributed by atoms with Crippen molar-refractivity contribution >= 4 is 13.0 Å². The maximum absolute atomic E-state index is 11.7. The van der Waals surface area contributed by atoms with Gasteiger partial charge in [-0.25, -0.2) is 0 Å². The molecule has 0 aliphatic carbocycles. The van der Waals surface area contributed by atoms with Gasteiger partial charge in [0, 0.05) is 0 Å². The van der Waals surface area contributed by atoms with E-state index < -0.39 is 13.1 Å². The molecule has 92 valence electrons. The maximum atomic E-state index is 11.7. The lowest BCUT2D eigenvalue weighted by molar-refractivity contribution is -0.123. The summed E-state index contributed by atoms with van der Waals surface area (Å²) in [5.41, 5.74) is 0. The minimum atomic E-state index is -1.49. The zero-order valence-corrected chi connectivity index (χ0v) is 9.94. The SMILES string of the molecule is CC(C)C[C@H](NC(=O)C1CCCN1)B(O)O. The van der Waals surface area contributed by atoms with Crippen LogP contribution in [0, 0.1) is 5.92 Å². The zero-order chi connectivity index (χ0) is 12.1. The average Bonchev–Trinajstić information content (AvgIpc) is 2.68. The molecule has 1 fully saturated rings. The molecular formula is C10H21BN2O3. The van der Waals surface area contributed by atoms with Crippen LogP contribution < -0.4 is 10.6 Å². The highest BCUT2D eigenvalue weighted by molar-refractivity contribution is 6.43. The maximum Gasteiger partial charge on any atom is 0.475 e. The Kier molecular flexibility index (Phi) is 5.24. The Bertz CT molecular complexity index is 230. The van der Waals surface area contributed by atoms with Crippen LogP contribution in [0.25, 0.3) is 0 Å². The minimum Gasteiger partial charge on any atom is -0.426 e. The van der Waals surface area contributed by atoms with Gasteiger partial charge < -0.3 is 20.7 Å². The standard InChI is InChI=1S/C10H21BN2O3/c1-7(2)6-9(11(15)16)13-10(14)8-4-3-5-12-8/h7-9,12,15-16H,3-6H2,1-2H3,(H,13,14)/t8?,9-/m0/s1. The number of rotatable bonds is 5. The predicted octanol–water partition coefficient (Wildman–Crippen LogP) is -0.719. The molecule has 0 aromatic heterocycles. The first kappa shape index (κ1) is 13.5. The van der Waals surface area contributed by atoms with Crippen molar-refractivity contribution in [1.29, 1.82) is 0 Å². The van der Waals surface area contributed by atoms with Gasteiger partial charge in [0.25, 0.3) is 0 Å². The molecule has 0 bridgehead atoms. The van der Waals surface area contributed by atoms with Gasteiger partial charge in [0.2, 0.25) is 5.91 Å². The van der Waals surface area contributed by atoms with E-state index >= 15 is 0 Å². The lowest BCUT2D eigenvalue weighted by Crippen LogP contribution is -2.52. The molecule has 0 aromatic rings. The van der Waals surface area contributed by atoms with E-state index in [0.717, 1.165) is 19.4 Å². The van der Waals surface area contributed by atoms with E-state index in [0.29, 0.717) is 12.3 Å². The molecule has 1 rings (SSSR count). The van der Waals surface area contributed by atoms with Gasteiger partial charge in [-0.3, -0.25) is 4.79 Å². The van der Waals surface area contributed by atoms with Crippen molar-refractivity contribution in [2.75, 3.05) is 6.54 Å². The fraction of sp³-hybridized carbons (Fsp3) is 0.900. The van der Waals surface area contributed by atoms with Crippen molar-refractivity contribution in [1.82, 2.24) is 10.6 Å². The van der Waals surface area contributed by atoms with E-state index in [1.54, 1.807) is 0 Å². The first-order chi connectivity index (χ1) is 7.50. The Morgan fingerprint density at radius 2 is 2.25 bits per heavy atom. The highest BCUT2D eigenvalue weighted by atomic mass is 16.4. The summed E-state index contributed by atoms with van der Waals surface area (Å²) in [5, 5.41) is 24.1. The lowest BCUT2D eigenvalue weighted by Gasteiger charge is -2.21. The summed E-state index contributed by atoms with van der Waals surface area (Å²) in [7, 11) is -1.49. The topological polar surface area (TPSA) is 81.6 Å². The first-order valence-electron chi connectivity index (χ1n) is 5.90. The first-order valence-corrected chi connectivity index (χ1v) is 5.90. The summed E-state index contributed by atoms with van der Waals surface area (Å²) in [6, 6.07) is -0.173. The molecule has 1 heterocycles. The molecule has 0 aromatic carbocycles. The number of amides is 1. The smallest absolute Gasteiger partial charge is 0.426 e. The summed E-state index contributed by atoms with van der Waals surface area (Å²) in [6.45, 7) is 4.82. The van der Waals surface area contributed by atoms with Crippen LogP contribution in [0.3, 0.4) is 0 Å². The fourth-order valence-electron chi connectivity index (χ4n) is 1.95. The quantitative estimate of drug-likeness (QED) is 0.468. The molecular weight excluding hydrogens is 207 g/mol. The van der Waals surface area contributed by atoms with E-state index in [1.165, 1.54) is 0 Å². The fourth-order valence-corrected chi connectivity index (χ4v) is 1.95. The van der Waals surface area contributed by atoms with Gasteiger partial charge in [0.05, 0.1) is 12.0 Å². The highest BCUT2D eigenvalue weighted by Gasteiger charge is 2.29. The van der Waals surface area contributed by atoms with Crippen LogP contribution in [0.5, 0.6) is 0 Å². The molecule has 1 aliphatic rings. The summed E-state index contributed by atoms with van der Waals surface area (Å²) in [5.74, 6) is -0.394. The van der Waals surface area contributed by atoms with Crippen LogP contribution in [0.2, 0.25) is 0 Å². The predicted molar refractivity (Wildman–Crippen MR) is 62.6 cm³/mol. The molecule has 16 heavy (non-hydrogen) atoms. The van der Waals surface area contributed by atoms with Crippen LogP contribution in [0.15, 0.2) is 0 Å². The number of carbonyl (C=O) groups excluding carboxylic acids is 1. The van der Waals surface area contributed by atoms with Crippen molar-refractivity contribution in [2.24, 2.45) is 5.92 Å². The number of nitrogens with one attached hydrogen (secondary N) is 2. The summed E-state index contributed by atoms with van der Waals surface area (Å²) in [4.78, 5) is 11.7. The van der Waals surface area contributed by atoms with Crippen molar-refractivity contribution in [3.8, 4) is 0 Å². The zero-order valence-electron chi connectivity index (χ0n) is 9.94. The molecule has 2 atom stereocenters. The van der Waals surface area contributed by atoms with Gasteiger partial charge >= 0.3 is 7.12 Å². The number of hydrogen-bond acceptors (Lipinski definition) is 4. The Hall–Kier alpha value is -0.585. The second-order valence-electron chi connectivity index (χ2n) is 4.81. The van der Waals surface area contributed by atoms with Gasteiger partial charge in [-0.1, -0.05) is 13.8 Å². The summed E-state index contributed by atoms with van der Waals surface area (Å²) in [6.07, 6.45) is 2.38. The van der Waals surface area contributed by atoms with E-state index in [9.17, 15) is 14.8 Å². The van der Waals surface area contributed by atoms with Crippen LogP contribution in [0.1, 0.15) is 33.1 Å². The third-order valence-electron chi connectivity index (χ3n) is 2.79. The average molecular weight is 228 g/mol. The normalized spacial score (nSPS) is 22.2. The Morgan fingerprint density at radius 3 is 2.69 bits per heavy atom. The lowest BCUT2D eigenvalue weighted by atomic mass is 9.75. The molecule has 4 N–H and O–H groups in total. The summed E-state index contributed by atoms with van der Waals surface area (Å²) < 4.78 is 0. The monoisotopic (exact) mass is 228 g/mol. The molecule has 6 heteroatoms. The van der Waals surface area contributed by atoms with E-state index in [-0.39, 0.29) is 11.9 Å². The van der Waals surface area contributed by atoms with Crippen LogP contribution in [0.4, 0.5) is 0 Å². The molecule has 1 aliphatic heterocycles. The van der Waals surface area contributed by atoms with Gasteiger partial charge in [0.1, 0.15) is 0 Å². The summed E-state index contributed by atoms with van der Waals surface area (Å²) >= 11 is 0. The Balaban J connectivity index is 2.43. The second kappa shape index (κ2) is 6.22. The second-order valence-corrected chi connectivity index (χ2v) is 4.81. The van der Waals surface area contributed by atoms with Crippen LogP contribution in [-0.2, 0) is 4.79 Å². The molecule has 5 nitrogen and oxygen atoms in total. The highest BCUT2D eigenvalue weighted by Crippen LogP contribution is 2.09. The molecule has 1 amide bonds. The third-order valence-corrected chi connectivity index (χ3v) is 2.79. The molecule has 0 spiro atoms. The molecule has 1 saturated heterocycles. The molecule has 1 unspecified atom stereocenters. The van der Waals surface area contributed by atoms with Gasteiger partial charge in [-0.15, -0.1) is 0 Å². The van der Waals surface area contributed by atoms with Gasteiger partial charge in [-0.05, 0) is 31.7 Å². The Morgan fingerprint density at radius 1 is 1.56 bits per heavy atom. The van der Waals surface area contributed by atoms with Gasteiger partial charge in [0.15, 0.2) is 0 Å². The largest absolute Gasteiger partial charge is 0.475 e. The van der Waals surface area contributed by atoms with E-state index in [4.69, 9.17) is 0 Å². The van der Waals surface area contributed by atoms with Crippen molar-refractivity contribution in [2.45, 2.75) is 45.1 Å². The van der Waals surface area contributed by atoms with E-state index in [1.807, 2.05) is 13.8 Å². The van der Waals surface area contributed by atoms with Crippen molar-refractivity contribution in [3.63, 3.8) is 0 Å². The van der Waals surface area contributed by atoms with Crippen LogP contribution in [-0.4, -0.2) is 41.6 Å². The minimum absolute atomic E-state index is 0.128. The third kappa shape index (κ3) is 4.12. The van der Waals surface area contributed by atoms with Gasteiger partial charge in [-0.2, -0.15) is 0 Å². The van der Waals surface area contributed by atoms with Crippen molar-refractivity contribution < 1.29 is 14.8 Å². The molecule has 0 radical (unpaired) electrons. The van der Waals surface area contributed by atoms with Crippen LogP contribution >= 0.6 is 0 Å². The number of hydrogen-bond donors (Lipinski definition) is 4. The Labute approximate surface area is 96.8 Å². The van der Waals surface area contributed by atoms with Crippen molar-refractivity contribution in [3.05, 3.63) is 0 Å². The molecule has 0 saturated carbocycles.